The molecule has 1 atom stereocenters. The minimum absolute atomic E-state index is 0.0999. The molecule has 0 aliphatic rings. The number of aliphatic carboxylic acids is 2. The van der Waals surface area contributed by atoms with Gasteiger partial charge in [0.25, 0.3) is 5.91 Å². The third kappa shape index (κ3) is 4.68. The van der Waals surface area contributed by atoms with E-state index >= 15 is 0 Å². The van der Waals surface area contributed by atoms with Crippen LogP contribution >= 0.6 is 0 Å². The predicted molar refractivity (Wildman–Crippen MR) is 70.7 cm³/mol. The molecule has 0 fully saturated rings. The van der Waals surface area contributed by atoms with Crippen LogP contribution in [0.4, 0.5) is 0 Å². The summed E-state index contributed by atoms with van der Waals surface area (Å²) in [7, 11) is 2.81. The number of carboxylic acids is 2. The van der Waals surface area contributed by atoms with E-state index in [0.717, 1.165) is 0 Å². The van der Waals surface area contributed by atoms with Crippen LogP contribution in [0.25, 0.3) is 0 Å². The highest BCUT2D eigenvalue weighted by Gasteiger charge is 2.24. The van der Waals surface area contributed by atoms with E-state index in [2.05, 4.69) is 5.32 Å². The summed E-state index contributed by atoms with van der Waals surface area (Å²) in [5.41, 5.74) is 0.0999. The lowest BCUT2D eigenvalue weighted by Crippen LogP contribution is -2.42. The fourth-order valence-corrected chi connectivity index (χ4v) is 1.55. The summed E-state index contributed by atoms with van der Waals surface area (Å²) < 4.78 is 9.99. The van der Waals surface area contributed by atoms with Crippen LogP contribution in [-0.2, 0) is 9.59 Å². The molecule has 0 bridgehead atoms. The largest absolute Gasteiger partial charge is 0.497 e. The second-order valence-corrected chi connectivity index (χ2v) is 4.06. The Kier molecular flexibility index (Phi) is 5.53. The first-order valence-corrected chi connectivity index (χ1v) is 5.86. The topological polar surface area (TPSA) is 122 Å². The molecule has 1 aromatic rings. The Balaban J connectivity index is 2.96. The molecule has 1 amide bonds. The Bertz CT molecular complexity index is 533. The molecule has 0 saturated heterocycles. The van der Waals surface area contributed by atoms with E-state index in [4.69, 9.17) is 19.7 Å². The maximum Gasteiger partial charge on any atom is 0.326 e. The quantitative estimate of drug-likeness (QED) is 0.664. The molecule has 0 unspecified atom stereocenters. The molecular formula is C13H15NO7. The molecule has 21 heavy (non-hydrogen) atoms. The first-order chi connectivity index (χ1) is 9.87. The molecule has 0 heterocycles. The second-order valence-electron chi connectivity index (χ2n) is 4.06. The van der Waals surface area contributed by atoms with E-state index in [-0.39, 0.29) is 5.56 Å². The van der Waals surface area contributed by atoms with Gasteiger partial charge in [0.1, 0.15) is 17.5 Å². The number of amides is 1. The van der Waals surface area contributed by atoms with Crippen molar-refractivity contribution in [3.63, 3.8) is 0 Å². The molecule has 0 aromatic heterocycles. The average Bonchev–Trinajstić information content (AvgIpc) is 2.45. The van der Waals surface area contributed by atoms with Crippen LogP contribution in [0.5, 0.6) is 11.5 Å². The van der Waals surface area contributed by atoms with Crippen LogP contribution in [0.3, 0.4) is 0 Å². The van der Waals surface area contributed by atoms with Crippen LogP contribution < -0.4 is 14.8 Å². The first-order valence-electron chi connectivity index (χ1n) is 5.86. The maximum atomic E-state index is 12.0. The summed E-state index contributed by atoms with van der Waals surface area (Å²) in [6.07, 6.45) is -0.720. The summed E-state index contributed by atoms with van der Waals surface area (Å²) in [6.45, 7) is 0. The van der Waals surface area contributed by atoms with Gasteiger partial charge in [0.15, 0.2) is 0 Å². The predicted octanol–water partition coefficient (Wildman–Crippen LogP) is 0.361. The lowest BCUT2D eigenvalue weighted by Gasteiger charge is -2.13. The van der Waals surface area contributed by atoms with E-state index in [0.29, 0.717) is 11.5 Å². The first kappa shape index (κ1) is 16.3. The zero-order valence-electron chi connectivity index (χ0n) is 11.5. The maximum absolute atomic E-state index is 12.0. The minimum Gasteiger partial charge on any atom is -0.497 e. The van der Waals surface area contributed by atoms with Crippen molar-refractivity contribution >= 4 is 17.8 Å². The van der Waals surface area contributed by atoms with Gasteiger partial charge in [0, 0.05) is 11.6 Å². The molecule has 0 aliphatic carbocycles. The van der Waals surface area contributed by atoms with Crippen molar-refractivity contribution in [2.45, 2.75) is 12.5 Å². The van der Waals surface area contributed by atoms with E-state index in [9.17, 15) is 14.4 Å². The monoisotopic (exact) mass is 297 g/mol. The van der Waals surface area contributed by atoms with E-state index in [1.807, 2.05) is 0 Å². The van der Waals surface area contributed by atoms with Crippen molar-refractivity contribution in [3.05, 3.63) is 23.8 Å². The molecule has 8 heteroatoms. The number of benzene rings is 1. The molecule has 1 aromatic carbocycles. The lowest BCUT2D eigenvalue weighted by atomic mass is 10.1. The third-order valence-electron chi connectivity index (χ3n) is 2.60. The highest BCUT2D eigenvalue weighted by Crippen LogP contribution is 2.22. The van der Waals surface area contributed by atoms with Gasteiger partial charge < -0.3 is 25.0 Å². The van der Waals surface area contributed by atoms with Crippen molar-refractivity contribution in [1.29, 1.82) is 0 Å². The fraction of sp³-hybridized carbons (Fsp3) is 0.308. The summed E-state index contributed by atoms with van der Waals surface area (Å²) >= 11 is 0. The number of carboxylic acid groups (broad SMARTS) is 2. The van der Waals surface area contributed by atoms with E-state index in [1.165, 1.54) is 26.4 Å². The number of hydrogen-bond acceptors (Lipinski definition) is 5. The Morgan fingerprint density at radius 2 is 1.62 bits per heavy atom. The molecule has 1 rings (SSSR count). The van der Waals surface area contributed by atoms with Gasteiger partial charge in [-0.15, -0.1) is 0 Å². The second kappa shape index (κ2) is 7.13. The standard InChI is InChI=1S/C13H15NO7/c1-20-8-3-7(4-9(5-8)21-2)12(17)14-10(13(18)19)6-11(15)16/h3-5,10H,6H2,1-2H3,(H,14,17)(H,15,16)(H,18,19)/t10-/m1/s1. The normalized spacial score (nSPS) is 11.3. The Morgan fingerprint density at radius 3 is 2.00 bits per heavy atom. The molecule has 0 spiro atoms. The van der Waals surface area contributed by atoms with Crippen molar-refractivity contribution < 1.29 is 34.1 Å². The molecule has 0 saturated carbocycles. The summed E-state index contributed by atoms with van der Waals surface area (Å²) in [6, 6.07) is 2.80. The van der Waals surface area contributed by atoms with E-state index in [1.54, 1.807) is 6.07 Å². The lowest BCUT2D eigenvalue weighted by molar-refractivity contribution is -0.145. The van der Waals surface area contributed by atoms with Crippen molar-refractivity contribution in [3.8, 4) is 11.5 Å². The number of carbonyl (C=O) groups excluding carboxylic acids is 1. The molecule has 3 N–H and O–H groups in total. The molecule has 0 radical (unpaired) electrons. The van der Waals surface area contributed by atoms with Gasteiger partial charge in [-0.05, 0) is 12.1 Å². The summed E-state index contributed by atoms with van der Waals surface area (Å²) in [5, 5.41) is 19.7. The minimum atomic E-state index is -1.52. The summed E-state index contributed by atoms with van der Waals surface area (Å²) in [4.78, 5) is 33.5. The van der Waals surface area contributed by atoms with Crippen molar-refractivity contribution in [2.24, 2.45) is 0 Å². The number of methoxy groups -OCH3 is 2. The SMILES string of the molecule is COc1cc(OC)cc(C(=O)N[C@H](CC(=O)O)C(=O)O)c1. The number of carbonyl (C=O) groups is 3. The van der Waals surface area contributed by atoms with Crippen LogP contribution in [-0.4, -0.2) is 48.3 Å². The molecule has 8 nitrogen and oxygen atoms in total. The molecular weight excluding hydrogens is 282 g/mol. The third-order valence-corrected chi connectivity index (χ3v) is 2.60. The average molecular weight is 297 g/mol. The smallest absolute Gasteiger partial charge is 0.326 e. The molecule has 114 valence electrons. The number of nitrogens with one attached hydrogen (secondary N) is 1. The van der Waals surface area contributed by atoms with Gasteiger partial charge in [-0.25, -0.2) is 4.79 Å². The van der Waals surface area contributed by atoms with Gasteiger partial charge in [-0.1, -0.05) is 0 Å². The van der Waals surface area contributed by atoms with Gasteiger partial charge in [0.05, 0.1) is 20.6 Å². The van der Waals surface area contributed by atoms with Gasteiger partial charge in [-0.2, -0.15) is 0 Å². The van der Waals surface area contributed by atoms with Crippen LogP contribution in [0, 0.1) is 0 Å². The van der Waals surface area contributed by atoms with Crippen LogP contribution in [0.1, 0.15) is 16.8 Å². The van der Waals surface area contributed by atoms with Gasteiger partial charge >= 0.3 is 11.9 Å². The fourth-order valence-electron chi connectivity index (χ4n) is 1.55. The number of rotatable bonds is 7. The summed E-state index contributed by atoms with van der Waals surface area (Å²) in [5.74, 6) is -2.79. The van der Waals surface area contributed by atoms with Crippen LogP contribution in [0.15, 0.2) is 18.2 Å². The Labute approximate surface area is 120 Å². The Hall–Kier alpha value is -2.77. The zero-order chi connectivity index (χ0) is 16.0. The highest BCUT2D eigenvalue weighted by molar-refractivity contribution is 5.98. The highest BCUT2D eigenvalue weighted by atomic mass is 16.5. The number of hydrogen-bond donors (Lipinski definition) is 3. The number of ether oxygens (including phenoxy) is 2. The Morgan fingerprint density at radius 1 is 1.10 bits per heavy atom. The van der Waals surface area contributed by atoms with Crippen molar-refractivity contribution in [1.82, 2.24) is 5.32 Å². The van der Waals surface area contributed by atoms with Crippen molar-refractivity contribution in [2.75, 3.05) is 14.2 Å². The van der Waals surface area contributed by atoms with Gasteiger partial charge in [0.2, 0.25) is 0 Å². The van der Waals surface area contributed by atoms with Crippen LogP contribution in [0.2, 0.25) is 0 Å². The zero-order valence-corrected chi connectivity index (χ0v) is 11.5. The molecule has 0 aliphatic heterocycles. The van der Waals surface area contributed by atoms with Gasteiger partial charge in [-0.3, -0.25) is 9.59 Å². The van der Waals surface area contributed by atoms with E-state index < -0.39 is 30.3 Å².